The van der Waals surface area contributed by atoms with E-state index in [1.807, 2.05) is 0 Å². The molecule has 32 heavy (non-hydrogen) atoms. The number of hydrogen-bond acceptors (Lipinski definition) is 5. The highest BCUT2D eigenvalue weighted by Gasteiger charge is 2.23. The first-order chi connectivity index (χ1) is 15.6. The molecule has 1 unspecified atom stereocenters. The van der Waals surface area contributed by atoms with Gasteiger partial charge in [-0.05, 0) is 37.1 Å². The molecule has 2 fully saturated rings. The molecule has 2 N–H and O–H groups in total. The molecule has 1 atom stereocenters. The van der Waals surface area contributed by atoms with Crippen LogP contribution in [0.5, 0.6) is 0 Å². The maximum absolute atomic E-state index is 12.1. The summed E-state index contributed by atoms with van der Waals surface area (Å²) in [6.07, 6.45) is 2.45. The SMILES string of the molecule is CCN1CCCC1CNC(=NCc1ccccc1CN1CCOCC1)NCC(=O)N(C)C. The summed E-state index contributed by atoms with van der Waals surface area (Å²) in [5, 5.41) is 6.72. The fraction of sp³-hybridized carbons (Fsp3) is 0.667. The van der Waals surface area contributed by atoms with E-state index in [0.717, 1.165) is 52.5 Å². The van der Waals surface area contributed by atoms with Crippen LogP contribution in [0, 0.1) is 0 Å². The average Bonchev–Trinajstić information content (AvgIpc) is 3.27. The van der Waals surface area contributed by atoms with Crippen LogP contribution in [-0.4, -0.2) is 99.2 Å². The first-order valence-corrected chi connectivity index (χ1v) is 11.9. The highest BCUT2D eigenvalue weighted by atomic mass is 16.5. The Hall–Kier alpha value is -2.16. The van der Waals surface area contributed by atoms with E-state index in [2.05, 4.69) is 51.6 Å². The lowest BCUT2D eigenvalue weighted by molar-refractivity contribution is -0.127. The maximum atomic E-state index is 12.1. The van der Waals surface area contributed by atoms with Crippen molar-refractivity contribution in [1.82, 2.24) is 25.3 Å². The van der Waals surface area contributed by atoms with Crippen LogP contribution in [0.1, 0.15) is 30.9 Å². The van der Waals surface area contributed by atoms with Gasteiger partial charge in [0.25, 0.3) is 0 Å². The van der Waals surface area contributed by atoms with Crippen molar-refractivity contribution in [1.29, 1.82) is 0 Å². The molecule has 2 aliphatic rings. The van der Waals surface area contributed by atoms with Crippen molar-refractivity contribution < 1.29 is 9.53 Å². The Morgan fingerprint density at radius 2 is 1.91 bits per heavy atom. The number of morpholine rings is 1. The van der Waals surface area contributed by atoms with Gasteiger partial charge in [-0.25, -0.2) is 4.99 Å². The molecule has 178 valence electrons. The summed E-state index contributed by atoms with van der Waals surface area (Å²) in [5.74, 6) is 0.729. The highest BCUT2D eigenvalue weighted by molar-refractivity contribution is 5.86. The van der Waals surface area contributed by atoms with Crippen LogP contribution in [0.3, 0.4) is 0 Å². The predicted molar refractivity (Wildman–Crippen MR) is 129 cm³/mol. The van der Waals surface area contributed by atoms with E-state index in [0.29, 0.717) is 18.5 Å². The Balaban J connectivity index is 1.65. The molecule has 1 aromatic carbocycles. The van der Waals surface area contributed by atoms with Crippen LogP contribution in [0.15, 0.2) is 29.3 Å². The lowest BCUT2D eigenvalue weighted by Gasteiger charge is -2.27. The number of carbonyl (C=O) groups is 1. The lowest BCUT2D eigenvalue weighted by atomic mass is 10.1. The van der Waals surface area contributed by atoms with E-state index in [1.165, 1.54) is 24.0 Å². The van der Waals surface area contributed by atoms with Gasteiger partial charge in [-0.1, -0.05) is 31.2 Å². The van der Waals surface area contributed by atoms with Gasteiger partial charge in [-0.3, -0.25) is 14.6 Å². The van der Waals surface area contributed by atoms with Crippen molar-refractivity contribution in [3.05, 3.63) is 35.4 Å². The number of likely N-dealkylation sites (N-methyl/N-ethyl adjacent to an activating group) is 2. The molecular weight excluding hydrogens is 404 g/mol. The molecule has 0 aliphatic carbocycles. The minimum Gasteiger partial charge on any atom is -0.379 e. The number of amides is 1. The number of nitrogens with one attached hydrogen (secondary N) is 2. The number of nitrogens with zero attached hydrogens (tertiary/aromatic N) is 4. The summed E-state index contributed by atoms with van der Waals surface area (Å²) in [4.78, 5) is 23.5. The zero-order valence-corrected chi connectivity index (χ0v) is 20.0. The molecule has 1 aromatic rings. The standard InChI is InChI=1S/C24H40N6O2/c1-4-30-11-7-10-22(30)17-26-24(27-18-23(31)28(2)3)25-16-20-8-5-6-9-21(20)19-29-12-14-32-15-13-29/h5-6,8-9,22H,4,7,10-19H2,1-3H3,(H2,25,26,27). The number of guanidine groups is 1. The fourth-order valence-corrected chi connectivity index (χ4v) is 4.28. The lowest BCUT2D eigenvalue weighted by Crippen LogP contribution is -2.47. The van der Waals surface area contributed by atoms with Gasteiger partial charge >= 0.3 is 0 Å². The molecule has 3 rings (SSSR count). The molecule has 2 saturated heterocycles. The van der Waals surface area contributed by atoms with Crippen molar-refractivity contribution in [2.45, 2.75) is 38.9 Å². The molecule has 0 saturated carbocycles. The van der Waals surface area contributed by atoms with E-state index < -0.39 is 0 Å². The van der Waals surface area contributed by atoms with Gasteiger partial charge in [0.05, 0.1) is 26.3 Å². The predicted octanol–water partition coefficient (Wildman–Crippen LogP) is 1.13. The molecular formula is C24H40N6O2. The van der Waals surface area contributed by atoms with Gasteiger partial charge in [0, 0.05) is 46.3 Å². The molecule has 2 heterocycles. The van der Waals surface area contributed by atoms with Crippen molar-refractivity contribution in [2.75, 3.05) is 66.6 Å². The van der Waals surface area contributed by atoms with Crippen molar-refractivity contribution in [3.63, 3.8) is 0 Å². The Morgan fingerprint density at radius 3 is 2.62 bits per heavy atom. The third-order valence-electron chi connectivity index (χ3n) is 6.34. The zero-order valence-electron chi connectivity index (χ0n) is 20.0. The number of aliphatic imine (C=N–C) groups is 1. The summed E-state index contributed by atoms with van der Waals surface area (Å²) >= 11 is 0. The Labute approximate surface area is 193 Å². The van der Waals surface area contributed by atoms with Crippen LogP contribution >= 0.6 is 0 Å². The number of benzene rings is 1. The maximum Gasteiger partial charge on any atom is 0.241 e. The van der Waals surface area contributed by atoms with Crippen LogP contribution in [-0.2, 0) is 22.6 Å². The largest absolute Gasteiger partial charge is 0.379 e. The minimum atomic E-state index is 0.0308. The molecule has 8 nitrogen and oxygen atoms in total. The van der Waals surface area contributed by atoms with E-state index in [4.69, 9.17) is 9.73 Å². The Morgan fingerprint density at radius 1 is 1.16 bits per heavy atom. The molecule has 0 spiro atoms. The quantitative estimate of drug-likeness (QED) is 0.439. The van der Waals surface area contributed by atoms with Crippen LogP contribution in [0.4, 0.5) is 0 Å². The van der Waals surface area contributed by atoms with E-state index in [1.54, 1.807) is 19.0 Å². The molecule has 0 bridgehead atoms. The second-order valence-corrected chi connectivity index (χ2v) is 8.77. The summed E-state index contributed by atoms with van der Waals surface area (Å²) in [6.45, 7) is 10.5. The van der Waals surface area contributed by atoms with Gasteiger partial charge in [0.2, 0.25) is 5.91 Å². The third-order valence-corrected chi connectivity index (χ3v) is 6.34. The van der Waals surface area contributed by atoms with Crippen molar-refractivity contribution in [3.8, 4) is 0 Å². The smallest absolute Gasteiger partial charge is 0.241 e. The first kappa shape index (κ1) is 24.5. The summed E-state index contributed by atoms with van der Waals surface area (Å²) in [7, 11) is 3.54. The average molecular weight is 445 g/mol. The van der Waals surface area contributed by atoms with Crippen LogP contribution in [0.25, 0.3) is 0 Å². The monoisotopic (exact) mass is 444 g/mol. The topological polar surface area (TPSA) is 72.4 Å². The third kappa shape index (κ3) is 7.46. The second-order valence-electron chi connectivity index (χ2n) is 8.77. The number of carbonyl (C=O) groups excluding carboxylic acids is 1. The minimum absolute atomic E-state index is 0.0308. The fourth-order valence-electron chi connectivity index (χ4n) is 4.28. The van der Waals surface area contributed by atoms with Gasteiger partial charge in [-0.2, -0.15) is 0 Å². The summed E-state index contributed by atoms with van der Waals surface area (Å²) in [6, 6.07) is 9.02. The van der Waals surface area contributed by atoms with Gasteiger partial charge in [-0.15, -0.1) is 0 Å². The zero-order chi connectivity index (χ0) is 22.8. The van der Waals surface area contributed by atoms with Gasteiger partial charge in [0.1, 0.15) is 0 Å². The number of ether oxygens (including phenoxy) is 1. The Kier molecular flexibility index (Phi) is 9.77. The van der Waals surface area contributed by atoms with E-state index in [9.17, 15) is 4.79 Å². The number of likely N-dealkylation sites (tertiary alicyclic amines) is 1. The number of hydrogen-bond donors (Lipinski definition) is 2. The number of rotatable bonds is 9. The second kappa shape index (κ2) is 12.8. The first-order valence-electron chi connectivity index (χ1n) is 11.9. The summed E-state index contributed by atoms with van der Waals surface area (Å²) < 4.78 is 5.48. The molecule has 2 aliphatic heterocycles. The molecule has 8 heteroatoms. The van der Waals surface area contributed by atoms with Gasteiger partial charge in [0.15, 0.2) is 5.96 Å². The van der Waals surface area contributed by atoms with E-state index in [-0.39, 0.29) is 12.5 Å². The van der Waals surface area contributed by atoms with Crippen LogP contribution in [0.2, 0.25) is 0 Å². The van der Waals surface area contributed by atoms with Gasteiger partial charge < -0.3 is 20.3 Å². The highest BCUT2D eigenvalue weighted by Crippen LogP contribution is 2.16. The van der Waals surface area contributed by atoms with E-state index >= 15 is 0 Å². The summed E-state index contributed by atoms with van der Waals surface area (Å²) in [5.41, 5.74) is 2.52. The molecule has 1 amide bonds. The molecule has 0 radical (unpaired) electrons. The Bertz CT molecular complexity index is 748. The van der Waals surface area contributed by atoms with Crippen molar-refractivity contribution >= 4 is 11.9 Å². The van der Waals surface area contributed by atoms with Crippen LogP contribution < -0.4 is 10.6 Å². The molecule has 0 aromatic heterocycles. The normalized spacial score (nSPS) is 20.3. The van der Waals surface area contributed by atoms with Crippen molar-refractivity contribution in [2.24, 2.45) is 4.99 Å².